The van der Waals surface area contributed by atoms with Crippen molar-refractivity contribution in [3.05, 3.63) is 70.8 Å². The molecule has 2 aromatic rings. The predicted octanol–water partition coefficient (Wildman–Crippen LogP) is 7.76. The summed E-state index contributed by atoms with van der Waals surface area (Å²) in [5, 5.41) is 0. The fourth-order valence-corrected chi connectivity index (χ4v) is 5.31. The summed E-state index contributed by atoms with van der Waals surface area (Å²) in [6.45, 7) is 4.74. The highest BCUT2D eigenvalue weighted by Crippen LogP contribution is 2.66. The van der Waals surface area contributed by atoms with Gasteiger partial charge in [-0.2, -0.15) is 26.3 Å². The van der Waals surface area contributed by atoms with Crippen LogP contribution in [0.4, 0.5) is 26.3 Å². The summed E-state index contributed by atoms with van der Waals surface area (Å²) in [4.78, 5) is 2.35. The summed E-state index contributed by atoms with van der Waals surface area (Å²) in [5.74, 6) is 0. The fourth-order valence-electron chi connectivity index (χ4n) is 5.31. The minimum atomic E-state index is -4.54. The first-order valence-electron chi connectivity index (χ1n) is 12.6. The molecule has 0 spiro atoms. The monoisotopic (exact) mass is 497 g/mol. The molecule has 2 fully saturated rings. The van der Waals surface area contributed by atoms with Crippen molar-refractivity contribution < 1.29 is 26.3 Å². The van der Waals surface area contributed by atoms with Crippen LogP contribution < -0.4 is 0 Å². The lowest BCUT2D eigenvalue weighted by Gasteiger charge is -2.29. The van der Waals surface area contributed by atoms with Crippen molar-refractivity contribution in [2.24, 2.45) is 0 Å². The van der Waals surface area contributed by atoms with Crippen LogP contribution in [-0.4, -0.2) is 36.9 Å². The van der Waals surface area contributed by atoms with Gasteiger partial charge in [-0.3, -0.25) is 0 Å². The minimum Gasteiger partial charge on any atom is -0.303 e. The van der Waals surface area contributed by atoms with Crippen LogP contribution in [0.15, 0.2) is 48.5 Å². The Morgan fingerprint density at radius 1 is 0.686 bits per heavy atom. The Hall–Kier alpha value is -2.02. The van der Waals surface area contributed by atoms with Crippen LogP contribution in [-0.2, 0) is 23.7 Å². The second-order valence-corrected chi connectivity index (χ2v) is 10.2. The number of hydrogen-bond acceptors (Lipinski definition) is 1. The Morgan fingerprint density at radius 3 is 1.83 bits per heavy atom. The molecule has 0 bridgehead atoms. The second kappa shape index (κ2) is 9.79. The van der Waals surface area contributed by atoms with E-state index in [4.69, 9.17) is 0 Å². The molecule has 0 saturated heterocycles. The van der Waals surface area contributed by atoms with Gasteiger partial charge in [0.2, 0.25) is 0 Å². The first-order chi connectivity index (χ1) is 16.5. The van der Waals surface area contributed by atoms with Gasteiger partial charge in [-0.1, -0.05) is 55.5 Å². The van der Waals surface area contributed by atoms with Crippen molar-refractivity contribution in [3.63, 3.8) is 0 Å². The normalized spacial score (nSPS) is 18.6. The standard InChI is InChI=1S/C28H33F6N/c1-2-17-35(19-12-21-7-4-3-5-8-21)18-6-9-22-10-11-23(25(13-14-25)27(29,30)31)24(20-22)26(15-16-26)28(32,33)34/h3-5,7-8,10-11,20H,2,6,9,12-19H2,1H3. The zero-order chi connectivity index (χ0) is 25.3. The summed E-state index contributed by atoms with van der Waals surface area (Å²) in [5.41, 5.74) is -2.57. The Morgan fingerprint density at radius 2 is 1.29 bits per heavy atom. The van der Waals surface area contributed by atoms with Crippen molar-refractivity contribution in [3.8, 4) is 0 Å². The van der Waals surface area contributed by atoms with Crippen LogP contribution in [0.25, 0.3) is 0 Å². The van der Waals surface area contributed by atoms with Crippen molar-refractivity contribution >= 4 is 0 Å². The number of alkyl halides is 6. The third kappa shape index (κ3) is 5.40. The molecular weight excluding hydrogens is 464 g/mol. The third-order valence-corrected chi connectivity index (χ3v) is 7.74. The van der Waals surface area contributed by atoms with Crippen LogP contribution >= 0.6 is 0 Å². The van der Waals surface area contributed by atoms with E-state index in [0.29, 0.717) is 12.0 Å². The molecule has 0 aromatic heterocycles. The largest absolute Gasteiger partial charge is 0.398 e. The molecule has 2 aliphatic carbocycles. The first kappa shape index (κ1) is 26.1. The van der Waals surface area contributed by atoms with E-state index in [1.54, 1.807) is 6.07 Å². The lowest BCUT2D eigenvalue weighted by Crippen LogP contribution is -2.35. The SMILES string of the molecule is CCCN(CCCc1ccc(C2(C(F)(F)F)CC2)c(C2(C(F)(F)F)CC2)c1)CCc1ccccc1. The highest BCUT2D eigenvalue weighted by molar-refractivity contribution is 5.50. The maximum atomic E-state index is 14.0. The minimum absolute atomic E-state index is 0.133. The average Bonchev–Trinajstić information content (AvgIpc) is 3.70. The van der Waals surface area contributed by atoms with E-state index in [1.165, 1.54) is 17.7 Å². The maximum Gasteiger partial charge on any atom is 0.398 e. The molecule has 0 radical (unpaired) electrons. The van der Waals surface area contributed by atoms with Crippen molar-refractivity contribution in [2.45, 2.75) is 81.5 Å². The van der Waals surface area contributed by atoms with Crippen LogP contribution in [0.3, 0.4) is 0 Å². The molecule has 0 aliphatic heterocycles. The van der Waals surface area contributed by atoms with Crippen molar-refractivity contribution in [1.82, 2.24) is 4.90 Å². The smallest absolute Gasteiger partial charge is 0.303 e. The highest BCUT2D eigenvalue weighted by atomic mass is 19.4. The van der Waals surface area contributed by atoms with Gasteiger partial charge in [0.15, 0.2) is 0 Å². The van der Waals surface area contributed by atoms with Crippen LogP contribution in [0, 0.1) is 0 Å². The summed E-state index contributed by atoms with van der Waals surface area (Å²) in [7, 11) is 0. The summed E-state index contributed by atoms with van der Waals surface area (Å²) in [6, 6.07) is 14.6. The van der Waals surface area contributed by atoms with Gasteiger partial charge in [-0.25, -0.2) is 0 Å². The molecule has 0 amide bonds. The maximum absolute atomic E-state index is 14.0. The molecule has 0 heterocycles. The zero-order valence-electron chi connectivity index (χ0n) is 20.1. The molecule has 1 nitrogen and oxygen atoms in total. The van der Waals surface area contributed by atoms with Crippen LogP contribution in [0.2, 0.25) is 0 Å². The van der Waals surface area contributed by atoms with Gasteiger partial charge in [-0.15, -0.1) is 0 Å². The highest BCUT2D eigenvalue weighted by Gasteiger charge is 2.70. The molecule has 2 aliphatic rings. The molecular formula is C28H33F6N. The molecule has 0 unspecified atom stereocenters. The first-order valence-corrected chi connectivity index (χ1v) is 12.6. The third-order valence-electron chi connectivity index (χ3n) is 7.74. The molecule has 35 heavy (non-hydrogen) atoms. The van der Waals surface area contributed by atoms with E-state index in [0.717, 1.165) is 38.9 Å². The number of halogens is 6. The van der Waals surface area contributed by atoms with E-state index in [9.17, 15) is 26.3 Å². The Bertz CT molecular complexity index is 987. The van der Waals surface area contributed by atoms with E-state index in [-0.39, 0.29) is 36.8 Å². The lowest BCUT2D eigenvalue weighted by atomic mass is 9.81. The van der Waals surface area contributed by atoms with Crippen LogP contribution in [0.5, 0.6) is 0 Å². The molecule has 4 rings (SSSR count). The van der Waals surface area contributed by atoms with Crippen molar-refractivity contribution in [1.29, 1.82) is 0 Å². The van der Waals surface area contributed by atoms with Gasteiger partial charge in [0.05, 0.1) is 10.8 Å². The summed E-state index contributed by atoms with van der Waals surface area (Å²) < 4.78 is 83.5. The number of hydrogen-bond donors (Lipinski definition) is 0. The molecule has 2 aromatic carbocycles. The number of aryl methyl sites for hydroxylation is 1. The van der Waals surface area contributed by atoms with E-state index in [2.05, 4.69) is 24.0 Å². The average molecular weight is 498 g/mol. The molecule has 2 saturated carbocycles. The second-order valence-electron chi connectivity index (χ2n) is 10.2. The molecule has 192 valence electrons. The van der Waals surface area contributed by atoms with Gasteiger partial charge in [-0.05, 0) is 86.7 Å². The molecule has 0 atom stereocenters. The van der Waals surface area contributed by atoms with Gasteiger partial charge >= 0.3 is 12.4 Å². The fraction of sp³-hybridized carbons (Fsp3) is 0.571. The quantitative estimate of drug-likeness (QED) is 0.287. The van der Waals surface area contributed by atoms with Crippen LogP contribution in [0.1, 0.15) is 67.7 Å². The van der Waals surface area contributed by atoms with E-state index in [1.807, 2.05) is 18.2 Å². The Balaban J connectivity index is 1.48. The summed E-state index contributed by atoms with van der Waals surface area (Å²) in [6.07, 6.45) is -6.40. The Kier molecular flexibility index (Phi) is 7.29. The summed E-state index contributed by atoms with van der Waals surface area (Å²) >= 11 is 0. The predicted molar refractivity (Wildman–Crippen MR) is 126 cm³/mol. The number of benzene rings is 2. The number of nitrogens with zero attached hydrogens (tertiary/aromatic N) is 1. The molecule has 7 heteroatoms. The van der Waals surface area contributed by atoms with Crippen molar-refractivity contribution in [2.75, 3.05) is 19.6 Å². The topological polar surface area (TPSA) is 3.24 Å². The van der Waals surface area contributed by atoms with Gasteiger partial charge in [0, 0.05) is 6.54 Å². The zero-order valence-corrected chi connectivity index (χ0v) is 20.1. The van der Waals surface area contributed by atoms with Gasteiger partial charge in [0.25, 0.3) is 0 Å². The van der Waals surface area contributed by atoms with Gasteiger partial charge < -0.3 is 4.90 Å². The van der Waals surface area contributed by atoms with E-state index >= 15 is 0 Å². The van der Waals surface area contributed by atoms with E-state index < -0.39 is 23.2 Å². The lowest BCUT2D eigenvalue weighted by molar-refractivity contribution is -0.167. The number of rotatable bonds is 11. The van der Waals surface area contributed by atoms with Gasteiger partial charge in [0.1, 0.15) is 0 Å². The molecule has 0 N–H and O–H groups in total. The Labute approximate surface area is 203 Å².